The third-order valence-corrected chi connectivity index (χ3v) is 6.01. The van der Waals surface area contributed by atoms with E-state index in [4.69, 9.17) is 22.4 Å². The summed E-state index contributed by atoms with van der Waals surface area (Å²) in [5, 5.41) is 8.78. The van der Waals surface area contributed by atoms with Crippen LogP contribution in [0.5, 0.6) is 0 Å². The molecule has 0 radical (unpaired) electrons. The average molecular weight is 603 g/mol. The number of rotatable bonds is 4. The molecule has 0 atom stereocenters. The van der Waals surface area contributed by atoms with Crippen molar-refractivity contribution in [2.45, 2.75) is 94.9 Å². The molecule has 43 heavy (non-hydrogen) atoms. The molecular formula is C30H50N8O5. The Morgan fingerprint density at radius 1 is 0.721 bits per heavy atom. The SMILES string of the molecule is CC(C)(C)C(=O)NN.Cc1nc(C(=O)NNC(=O)C(C)(C)C)c(N)cc1C(C)C.Cc1nc(C(=O)O)c(N)cc1C(C)C. The fraction of sp³-hybridized carbons (Fsp3) is 0.533. The van der Waals surface area contributed by atoms with Gasteiger partial charge in [0.1, 0.15) is 0 Å². The highest BCUT2D eigenvalue weighted by Crippen LogP contribution is 2.23. The number of carbonyl (C=O) groups excluding carboxylic acids is 3. The number of nitrogens with two attached hydrogens (primary N) is 3. The van der Waals surface area contributed by atoms with Crippen LogP contribution in [0.15, 0.2) is 12.1 Å². The Balaban J connectivity index is 0.000000688. The highest BCUT2D eigenvalue weighted by Gasteiger charge is 2.23. The van der Waals surface area contributed by atoms with Gasteiger partial charge in [-0.1, -0.05) is 69.2 Å². The van der Waals surface area contributed by atoms with Crippen LogP contribution in [0.25, 0.3) is 0 Å². The van der Waals surface area contributed by atoms with E-state index < -0.39 is 17.3 Å². The molecule has 240 valence electrons. The lowest BCUT2D eigenvalue weighted by Crippen LogP contribution is -2.47. The first-order valence-electron chi connectivity index (χ1n) is 13.8. The van der Waals surface area contributed by atoms with Crippen LogP contribution in [0.4, 0.5) is 11.4 Å². The maximum atomic E-state index is 12.1. The number of amides is 3. The molecule has 0 spiro atoms. The van der Waals surface area contributed by atoms with Crippen LogP contribution in [0.1, 0.15) is 125 Å². The minimum atomic E-state index is -1.08. The Morgan fingerprint density at radius 3 is 1.40 bits per heavy atom. The van der Waals surface area contributed by atoms with E-state index in [2.05, 4.69) is 26.2 Å². The Labute approximate surface area is 254 Å². The largest absolute Gasteiger partial charge is 0.476 e. The number of aryl methyl sites for hydroxylation is 2. The quantitative estimate of drug-likeness (QED) is 0.152. The summed E-state index contributed by atoms with van der Waals surface area (Å²) in [6.07, 6.45) is 0. The zero-order valence-corrected chi connectivity index (χ0v) is 27.5. The van der Waals surface area contributed by atoms with Crippen molar-refractivity contribution in [2.24, 2.45) is 16.7 Å². The van der Waals surface area contributed by atoms with Gasteiger partial charge in [-0.3, -0.25) is 30.7 Å². The summed E-state index contributed by atoms with van der Waals surface area (Å²) < 4.78 is 0. The summed E-state index contributed by atoms with van der Waals surface area (Å²) in [5.74, 6) is 3.40. The summed E-state index contributed by atoms with van der Waals surface area (Å²) in [6, 6.07) is 3.45. The van der Waals surface area contributed by atoms with Gasteiger partial charge in [-0.05, 0) is 48.9 Å². The van der Waals surface area contributed by atoms with Crippen molar-refractivity contribution in [3.63, 3.8) is 0 Å². The molecule has 0 saturated carbocycles. The Hall–Kier alpha value is -4.26. The summed E-state index contributed by atoms with van der Waals surface area (Å²) in [7, 11) is 0. The van der Waals surface area contributed by atoms with Gasteiger partial charge in [-0.25, -0.2) is 20.6 Å². The molecule has 2 aromatic heterocycles. The molecule has 0 aliphatic carbocycles. The highest BCUT2D eigenvalue weighted by molar-refractivity contribution is 5.98. The van der Waals surface area contributed by atoms with Gasteiger partial charge >= 0.3 is 5.97 Å². The lowest BCUT2D eigenvalue weighted by Gasteiger charge is -2.18. The van der Waals surface area contributed by atoms with Gasteiger partial charge in [-0.15, -0.1) is 0 Å². The fourth-order valence-electron chi connectivity index (χ4n) is 3.37. The fourth-order valence-corrected chi connectivity index (χ4v) is 3.37. The molecule has 0 saturated heterocycles. The number of aromatic carboxylic acids is 1. The predicted molar refractivity (Wildman–Crippen MR) is 169 cm³/mol. The minimum absolute atomic E-state index is 0.0631. The Bertz CT molecular complexity index is 1310. The van der Waals surface area contributed by atoms with Crippen LogP contribution in [-0.2, 0) is 9.59 Å². The molecule has 2 heterocycles. The summed E-state index contributed by atoms with van der Waals surface area (Å²) in [4.78, 5) is 53.3. The molecule has 10 N–H and O–H groups in total. The van der Waals surface area contributed by atoms with Gasteiger partial charge in [0, 0.05) is 22.2 Å². The van der Waals surface area contributed by atoms with Crippen LogP contribution >= 0.6 is 0 Å². The number of nitrogens with zero attached hydrogens (tertiary/aromatic N) is 2. The Kier molecular flexibility index (Phi) is 14.3. The summed E-state index contributed by atoms with van der Waals surface area (Å²) in [6.45, 7) is 22.4. The van der Waals surface area contributed by atoms with Crippen LogP contribution in [0, 0.1) is 24.7 Å². The first-order chi connectivity index (χ1) is 19.4. The minimum Gasteiger partial charge on any atom is -0.476 e. The van der Waals surface area contributed by atoms with Gasteiger partial charge in [0.2, 0.25) is 11.8 Å². The van der Waals surface area contributed by atoms with E-state index in [0.717, 1.165) is 22.5 Å². The van der Waals surface area contributed by atoms with Crippen molar-refractivity contribution in [3.05, 3.63) is 46.0 Å². The van der Waals surface area contributed by atoms with Crippen molar-refractivity contribution >= 4 is 35.1 Å². The maximum absolute atomic E-state index is 12.1. The van der Waals surface area contributed by atoms with Crippen molar-refractivity contribution in [1.29, 1.82) is 0 Å². The number of hydrazine groups is 2. The van der Waals surface area contributed by atoms with Crippen LogP contribution in [0.2, 0.25) is 0 Å². The second-order valence-electron chi connectivity index (χ2n) is 12.7. The predicted octanol–water partition coefficient (Wildman–Crippen LogP) is 3.72. The molecule has 13 heteroatoms. The van der Waals surface area contributed by atoms with E-state index in [9.17, 15) is 19.2 Å². The van der Waals surface area contributed by atoms with Crippen LogP contribution in [0.3, 0.4) is 0 Å². The van der Waals surface area contributed by atoms with Crippen LogP contribution < -0.4 is 33.6 Å². The zero-order chi connectivity index (χ0) is 34.0. The van der Waals surface area contributed by atoms with Gasteiger partial charge in [0.15, 0.2) is 11.4 Å². The smallest absolute Gasteiger partial charge is 0.356 e. The van der Waals surface area contributed by atoms with Gasteiger partial charge in [0.25, 0.3) is 5.91 Å². The number of carboxylic acid groups (broad SMARTS) is 1. The van der Waals surface area contributed by atoms with Crippen LogP contribution in [-0.4, -0.2) is 38.8 Å². The topological polar surface area (TPSA) is 228 Å². The van der Waals surface area contributed by atoms with E-state index in [0.29, 0.717) is 11.6 Å². The number of carboxylic acids is 1. The van der Waals surface area contributed by atoms with Crippen molar-refractivity contribution in [1.82, 2.24) is 26.2 Å². The molecule has 3 amide bonds. The molecule has 13 nitrogen and oxygen atoms in total. The van der Waals surface area contributed by atoms with E-state index in [-0.39, 0.29) is 40.2 Å². The molecule has 0 aliphatic heterocycles. The number of hydrogen-bond donors (Lipinski definition) is 7. The second kappa shape index (κ2) is 15.8. The third kappa shape index (κ3) is 12.2. The molecule has 0 aliphatic rings. The number of anilines is 2. The molecule has 0 aromatic carbocycles. The molecular weight excluding hydrogens is 552 g/mol. The lowest BCUT2D eigenvalue weighted by molar-refractivity contribution is -0.129. The van der Waals surface area contributed by atoms with Crippen molar-refractivity contribution in [3.8, 4) is 0 Å². The van der Waals surface area contributed by atoms with E-state index in [1.807, 2.05) is 34.6 Å². The number of pyridine rings is 2. The van der Waals surface area contributed by atoms with E-state index in [1.165, 1.54) is 0 Å². The normalized spacial score (nSPS) is 11.0. The standard InChI is InChI=1S/C15H24N4O2.C10H14N2O2.C5H12N2O/c1-8(2)10-7-11(16)12(17-9(10)3)13(20)18-19-14(21)15(4,5)6;1-5(2)7-4-8(11)9(10(13)14)12-6(7)3;1-5(2,3)4(8)7-6/h7-8H,16H2,1-6H3,(H,18,20)(H,19,21);4-5H,11H2,1-3H3,(H,13,14);6H2,1-3H3,(H,7,8). The average Bonchev–Trinajstić information content (AvgIpc) is 2.87. The number of nitrogens with one attached hydrogen (secondary N) is 3. The molecule has 2 aromatic rings. The van der Waals surface area contributed by atoms with Gasteiger partial charge in [0.05, 0.1) is 11.4 Å². The number of nitrogen functional groups attached to an aromatic ring is 2. The third-order valence-electron chi connectivity index (χ3n) is 6.01. The monoisotopic (exact) mass is 602 g/mol. The highest BCUT2D eigenvalue weighted by atomic mass is 16.4. The molecule has 0 unspecified atom stereocenters. The van der Waals surface area contributed by atoms with Gasteiger partial charge < -0.3 is 16.6 Å². The first kappa shape index (κ1) is 38.7. The number of aromatic nitrogens is 2. The molecule has 0 fully saturated rings. The summed E-state index contributed by atoms with van der Waals surface area (Å²) >= 11 is 0. The maximum Gasteiger partial charge on any atom is 0.356 e. The zero-order valence-electron chi connectivity index (χ0n) is 27.5. The van der Waals surface area contributed by atoms with Crippen molar-refractivity contribution < 1.29 is 24.3 Å². The lowest BCUT2D eigenvalue weighted by atomic mass is 9.96. The number of hydrogen-bond acceptors (Lipinski definition) is 9. The second-order valence-corrected chi connectivity index (χ2v) is 12.7. The number of carbonyl (C=O) groups is 4. The summed E-state index contributed by atoms with van der Waals surface area (Å²) in [5.41, 5.74) is 21.3. The Morgan fingerprint density at radius 2 is 1.09 bits per heavy atom. The van der Waals surface area contributed by atoms with E-state index in [1.54, 1.807) is 60.6 Å². The molecule has 2 rings (SSSR count). The van der Waals surface area contributed by atoms with E-state index >= 15 is 0 Å². The first-order valence-corrected chi connectivity index (χ1v) is 13.8. The van der Waals surface area contributed by atoms with Gasteiger partial charge in [-0.2, -0.15) is 0 Å². The molecule has 0 bridgehead atoms. The van der Waals surface area contributed by atoms with Crippen molar-refractivity contribution in [2.75, 3.05) is 11.5 Å².